The first-order valence-corrected chi connectivity index (χ1v) is 3.75. The van der Waals surface area contributed by atoms with Crippen LogP contribution in [0.2, 0.25) is 0 Å². The number of nitro groups is 1. The number of phenolic OH excluding ortho intramolecular Hbond substituents is 1. The Kier molecular flexibility index (Phi) is 2.62. The monoisotopic (exact) mass is 201 g/mol. The molecule has 0 saturated carbocycles. The molecule has 0 atom stereocenters. The number of thiol groups is 1. The lowest BCUT2D eigenvalue weighted by Gasteiger charge is -2.03. The summed E-state index contributed by atoms with van der Waals surface area (Å²) in [6, 6.07) is 2.55. The van der Waals surface area contributed by atoms with Crippen LogP contribution in [0.5, 0.6) is 11.5 Å². The number of rotatable bonds is 2. The SMILES string of the molecule is COc1cc(S)cc([N+](=O)[O-])c1O. The molecule has 0 heterocycles. The van der Waals surface area contributed by atoms with Crippen molar-refractivity contribution in [2.24, 2.45) is 0 Å². The summed E-state index contributed by atoms with van der Waals surface area (Å²) >= 11 is 3.92. The summed E-state index contributed by atoms with van der Waals surface area (Å²) in [4.78, 5) is 10.1. The number of aromatic hydroxyl groups is 1. The summed E-state index contributed by atoms with van der Waals surface area (Å²) in [6.45, 7) is 0. The van der Waals surface area contributed by atoms with Crippen molar-refractivity contribution < 1.29 is 14.8 Å². The number of nitrogens with zero attached hydrogens (tertiary/aromatic N) is 1. The topological polar surface area (TPSA) is 72.6 Å². The minimum atomic E-state index is -0.697. The highest BCUT2D eigenvalue weighted by atomic mass is 32.1. The molecule has 5 nitrogen and oxygen atoms in total. The summed E-state index contributed by atoms with van der Waals surface area (Å²) in [6.07, 6.45) is 0. The zero-order valence-electron chi connectivity index (χ0n) is 6.72. The van der Waals surface area contributed by atoms with E-state index in [1.54, 1.807) is 0 Å². The molecule has 70 valence electrons. The molecule has 0 radical (unpaired) electrons. The maximum absolute atomic E-state index is 10.4. The van der Waals surface area contributed by atoms with Crippen molar-refractivity contribution >= 4 is 18.3 Å². The van der Waals surface area contributed by atoms with Crippen LogP contribution in [0, 0.1) is 10.1 Å². The van der Waals surface area contributed by atoms with Gasteiger partial charge in [-0.2, -0.15) is 0 Å². The first kappa shape index (κ1) is 9.66. The van der Waals surface area contributed by atoms with Gasteiger partial charge in [-0.25, -0.2) is 0 Å². The third-order valence-corrected chi connectivity index (χ3v) is 1.71. The summed E-state index contributed by atoms with van der Waals surface area (Å²) in [5.41, 5.74) is -0.413. The molecule has 0 fully saturated rings. The Balaban J connectivity index is 3.35. The third-order valence-electron chi connectivity index (χ3n) is 1.46. The van der Waals surface area contributed by atoms with Gasteiger partial charge < -0.3 is 9.84 Å². The Morgan fingerprint density at radius 1 is 1.62 bits per heavy atom. The second-order valence-electron chi connectivity index (χ2n) is 2.27. The molecule has 1 rings (SSSR count). The quantitative estimate of drug-likeness (QED) is 0.433. The van der Waals surface area contributed by atoms with E-state index >= 15 is 0 Å². The van der Waals surface area contributed by atoms with E-state index in [2.05, 4.69) is 12.6 Å². The number of ether oxygens (including phenoxy) is 1. The van der Waals surface area contributed by atoms with Crippen molar-refractivity contribution in [2.75, 3.05) is 7.11 Å². The number of hydrogen-bond acceptors (Lipinski definition) is 5. The average molecular weight is 201 g/mol. The van der Waals surface area contributed by atoms with Gasteiger partial charge in [0.2, 0.25) is 5.75 Å². The van der Waals surface area contributed by atoms with E-state index in [0.717, 1.165) is 6.07 Å². The van der Waals surface area contributed by atoms with Crippen molar-refractivity contribution in [3.63, 3.8) is 0 Å². The van der Waals surface area contributed by atoms with Crippen LogP contribution in [0.4, 0.5) is 5.69 Å². The van der Waals surface area contributed by atoms with Crippen molar-refractivity contribution in [2.45, 2.75) is 4.90 Å². The van der Waals surface area contributed by atoms with Gasteiger partial charge in [0.25, 0.3) is 0 Å². The fraction of sp³-hybridized carbons (Fsp3) is 0.143. The lowest BCUT2D eigenvalue weighted by Crippen LogP contribution is -1.91. The molecular weight excluding hydrogens is 194 g/mol. The van der Waals surface area contributed by atoms with Crippen molar-refractivity contribution in [1.82, 2.24) is 0 Å². The van der Waals surface area contributed by atoms with Gasteiger partial charge in [0.15, 0.2) is 5.75 Å². The number of benzene rings is 1. The van der Waals surface area contributed by atoms with Crippen LogP contribution in [-0.4, -0.2) is 17.1 Å². The molecule has 0 aliphatic rings. The largest absolute Gasteiger partial charge is 0.500 e. The minimum absolute atomic E-state index is 0.0409. The molecule has 0 spiro atoms. The Morgan fingerprint density at radius 2 is 2.23 bits per heavy atom. The van der Waals surface area contributed by atoms with Crippen LogP contribution in [0.25, 0.3) is 0 Å². The molecule has 1 aromatic rings. The zero-order valence-corrected chi connectivity index (χ0v) is 7.62. The number of hydrogen-bond donors (Lipinski definition) is 2. The van der Waals surface area contributed by atoms with Gasteiger partial charge in [-0.05, 0) is 6.07 Å². The fourth-order valence-electron chi connectivity index (χ4n) is 0.874. The highest BCUT2D eigenvalue weighted by molar-refractivity contribution is 7.80. The van der Waals surface area contributed by atoms with Crippen LogP contribution in [0.15, 0.2) is 17.0 Å². The Bertz CT molecular complexity index is 353. The normalized spacial score (nSPS) is 9.69. The Labute approximate surface area is 79.5 Å². The van der Waals surface area contributed by atoms with Gasteiger partial charge in [-0.1, -0.05) is 0 Å². The van der Waals surface area contributed by atoms with Crippen molar-refractivity contribution in [1.29, 1.82) is 0 Å². The first-order chi connectivity index (χ1) is 6.06. The number of phenols is 1. The van der Waals surface area contributed by atoms with E-state index in [4.69, 9.17) is 4.74 Å². The number of nitro benzene ring substituents is 1. The van der Waals surface area contributed by atoms with Crippen molar-refractivity contribution in [3.8, 4) is 11.5 Å². The zero-order chi connectivity index (χ0) is 10.0. The summed E-state index contributed by atoms with van der Waals surface area (Å²) < 4.78 is 4.71. The fourth-order valence-corrected chi connectivity index (χ4v) is 1.11. The molecule has 0 aromatic heterocycles. The highest BCUT2D eigenvalue weighted by Gasteiger charge is 2.18. The highest BCUT2D eigenvalue weighted by Crippen LogP contribution is 2.37. The summed E-state index contributed by atoms with van der Waals surface area (Å²) in [7, 11) is 1.31. The predicted octanol–water partition coefficient (Wildman–Crippen LogP) is 1.60. The van der Waals surface area contributed by atoms with Crippen LogP contribution in [0.3, 0.4) is 0 Å². The van der Waals surface area contributed by atoms with Gasteiger partial charge in [-0.3, -0.25) is 10.1 Å². The maximum Gasteiger partial charge on any atom is 0.315 e. The summed E-state index contributed by atoms with van der Waals surface area (Å²) in [5.74, 6) is -0.440. The standard InChI is InChI=1S/C7H7NO4S/c1-12-6-3-4(13)2-5(7(6)9)8(10)11/h2-3,9,13H,1H3. The molecular formula is C7H7NO4S. The lowest BCUT2D eigenvalue weighted by molar-refractivity contribution is -0.386. The molecule has 0 saturated heterocycles. The van der Waals surface area contributed by atoms with Gasteiger partial charge in [0, 0.05) is 11.0 Å². The molecule has 6 heteroatoms. The van der Waals surface area contributed by atoms with Crippen molar-refractivity contribution in [3.05, 3.63) is 22.2 Å². The lowest BCUT2D eigenvalue weighted by atomic mass is 10.3. The van der Waals surface area contributed by atoms with Crippen LogP contribution in [0.1, 0.15) is 0 Å². The van der Waals surface area contributed by atoms with E-state index in [9.17, 15) is 15.2 Å². The Morgan fingerprint density at radius 3 is 2.69 bits per heavy atom. The molecule has 0 bridgehead atoms. The molecule has 0 aliphatic heterocycles. The third kappa shape index (κ3) is 1.83. The van der Waals surface area contributed by atoms with Gasteiger partial charge >= 0.3 is 5.69 Å². The molecule has 0 unspecified atom stereocenters. The van der Waals surface area contributed by atoms with E-state index in [-0.39, 0.29) is 5.75 Å². The second kappa shape index (κ2) is 3.53. The minimum Gasteiger partial charge on any atom is -0.500 e. The van der Waals surface area contributed by atoms with E-state index in [1.807, 2.05) is 0 Å². The van der Waals surface area contributed by atoms with E-state index in [0.29, 0.717) is 4.90 Å². The summed E-state index contributed by atoms with van der Waals surface area (Å²) in [5, 5.41) is 19.7. The molecule has 1 aromatic carbocycles. The number of methoxy groups -OCH3 is 1. The first-order valence-electron chi connectivity index (χ1n) is 3.30. The molecule has 13 heavy (non-hydrogen) atoms. The smallest absolute Gasteiger partial charge is 0.315 e. The van der Waals surface area contributed by atoms with E-state index in [1.165, 1.54) is 13.2 Å². The van der Waals surface area contributed by atoms with Crippen LogP contribution >= 0.6 is 12.6 Å². The maximum atomic E-state index is 10.4. The van der Waals surface area contributed by atoms with Crippen LogP contribution < -0.4 is 4.74 Å². The average Bonchev–Trinajstić information content (AvgIpc) is 2.08. The van der Waals surface area contributed by atoms with E-state index < -0.39 is 16.4 Å². The van der Waals surface area contributed by atoms with Crippen LogP contribution in [-0.2, 0) is 0 Å². The second-order valence-corrected chi connectivity index (χ2v) is 2.79. The van der Waals surface area contributed by atoms with Gasteiger partial charge in [0.1, 0.15) is 0 Å². The Hall–Kier alpha value is -1.43. The molecule has 0 amide bonds. The molecule has 0 aliphatic carbocycles. The van der Waals surface area contributed by atoms with Gasteiger partial charge in [0.05, 0.1) is 12.0 Å². The molecule has 1 N–H and O–H groups in total. The van der Waals surface area contributed by atoms with Gasteiger partial charge in [-0.15, -0.1) is 12.6 Å². The predicted molar refractivity (Wildman–Crippen MR) is 48.6 cm³/mol.